The molecule has 35 heavy (non-hydrogen) atoms. The van der Waals surface area contributed by atoms with Crippen LogP contribution in [0.1, 0.15) is 48.3 Å². The Hall–Kier alpha value is -3.47. The molecule has 4 heterocycles. The van der Waals surface area contributed by atoms with Crippen LogP contribution in [-0.4, -0.2) is 55.9 Å². The monoisotopic (exact) mass is 486 g/mol. The maximum atomic E-state index is 13.0. The van der Waals surface area contributed by atoms with Crippen molar-refractivity contribution in [2.45, 2.75) is 56.8 Å². The van der Waals surface area contributed by atoms with E-state index < -0.39 is 12.6 Å². The van der Waals surface area contributed by atoms with Gasteiger partial charge in [-0.05, 0) is 43.4 Å². The summed E-state index contributed by atoms with van der Waals surface area (Å²) in [6, 6.07) is 3.82. The third-order valence-electron chi connectivity index (χ3n) is 6.53. The van der Waals surface area contributed by atoms with Gasteiger partial charge in [0.15, 0.2) is 0 Å². The Morgan fingerprint density at radius 1 is 1.26 bits per heavy atom. The molecule has 0 radical (unpaired) electrons. The molecular formula is C24H25F3N6O2. The molecule has 2 N–H and O–H groups in total. The van der Waals surface area contributed by atoms with Gasteiger partial charge in [-0.25, -0.2) is 14.5 Å². The van der Waals surface area contributed by atoms with Crippen LogP contribution in [0.4, 0.5) is 13.2 Å². The van der Waals surface area contributed by atoms with Crippen molar-refractivity contribution in [2.75, 3.05) is 7.11 Å². The fraction of sp³-hybridized carbons (Fsp3) is 0.417. The van der Waals surface area contributed by atoms with Gasteiger partial charge in [-0.15, -0.1) is 0 Å². The van der Waals surface area contributed by atoms with Crippen molar-refractivity contribution in [1.82, 2.24) is 29.9 Å². The molecule has 0 unspecified atom stereocenters. The van der Waals surface area contributed by atoms with Crippen LogP contribution in [-0.2, 0) is 11.2 Å². The lowest BCUT2D eigenvalue weighted by molar-refractivity contribution is -0.134. The first-order valence-corrected chi connectivity index (χ1v) is 11.5. The fourth-order valence-corrected chi connectivity index (χ4v) is 4.59. The third kappa shape index (κ3) is 5.00. The number of rotatable bonds is 6. The number of aromatic nitrogens is 5. The molecular weight excluding hydrogens is 461 g/mol. The summed E-state index contributed by atoms with van der Waals surface area (Å²) in [6.45, 7) is 0. The Morgan fingerprint density at radius 3 is 2.80 bits per heavy atom. The molecule has 4 aromatic rings. The van der Waals surface area contributed by atoms with Gasteiger partial charge in [0.25, 0.3) is 5.91 Å². The number of methoxy groups -OCH3 is 1. The number of aromatic amines is 1. The second-order valence-corrected chi connectivity index (χ2v) is 8.85. The number of nitrogens with zero attached hydrogens (tertiary/aromatic N) is 4. The van der Waals surface area contributed by atoms with E-state index in [-0.39, 0.29) is 30.3 Å². The quantitative estimate of drug-likeness (QED) is 0.420. The standard InChI is InChI=1S/C24H25F3N6O2/c1-35-16-4-2-15(3-5-16)31-23(34)19-13-30-33-9-7-14(10-20(19)33)17-11-29-22-18(17)12-28-21(32-22)6-8-24(25,26)27/h7,9-13,15-16H,2-6,8H2,1H3,(H,31,34)(H,28,29,32). The van der Waals surface area contributed by atoms with E-state index in [4.69, 9.17) is 4.74 Å². The second-order valence-electron chi connectivity index (χ2n) is 8.85. The van der Waals surface area contributed by atoms with Crippen LogP contribution in [0.25, 0.3) is 27.7 Å². The number of fused-ring (bicyclic) bond motifs is 2. The van der Waals surface area contributed by atoms with Gasteiger partial charge in [-0.2, -0.15) is 18.3 Å². The number of carbonyl (C=O) groups is 1. The Kier molecular flexibility index (Phi) is 6.18. The number of aryl methyl sites for hydroxylation is 1. The zero-order chi connectivity index (χ0) is 24.6. The van der Waals surface area contributed by atoms with Gasteiger partial charge in [0.05, 0.1) is 29.8 Å². The highest BCUT2D eigenvalue weighted by molar-refractivity contribution is 6.02. The number of pyridine rings is 1. The summed E-state index contributed by atoms with van der Waals surface area (Å²) in [7, 11) is 1.72. The van der Waals surface area contributed by atoms with E-state index in [1.54, 1.807) is 30.2 Å². The molecule has 0 aromatic carbocycles. The minimum absolute atomic E-state index is 0.101. The van der Waals surface area contributed by atoms with Crippen LogP contribution in [0.15, 0.2) is 36.9 Å². The topological polar surface area (TPSA) is 97.2 Å². The number of hydrogen-bond donors (Lipinski definition) is 2. The van der Waals surface area contributed by atoms with Crippen LogP contribution < -0.4 is 5.32 Å². The Bertz CT molecular complexity index is 1350. The summed E-state index contributed by atoms with van der Waals surface area (Å²) in [5, 5.41) is 8.11. The molecule has 11 heteroatoms. The van der Waals surface area contributed by atoms with Crippen molar-refractivity contribution in [1.29, 1.82) is 0 Å². The first kappa shape index (κ1) is 23.3. The molecule has 1 amide bonds. The Labute approximate surface area is 198 Å². The predicted octanol–water partition coefficient (Wildman–Crippen LogP) is 4.45. The number of alkyl halides is 3. The smallest absolute Gasteiger partial charge is 0.381 e. The summed E-state index contributed by atoms with van der Waals surface area (Å²) < 4.78 is 44.6. The van der Waals surface area contributed by atoms with Crippen LogP contribution in [0.2, 0.25) is 0 Å². The summed E-state index contributed by atoms with van der Waals surface area (Å²) in [4.78, 5) is 24.4. The summed E-state index contributed by atoms with van der Waals surface area (Å²) in [5.74, 6) is -0.0393. The number of H-pyrrole nitrogens is 1. The van der Waals surface area contributed by atoms with Crippen LogP contribution in [0.5, 0.6) is 0 Å². The van der Waals surface area contributed by atoms with Gasteiger partial charge in [0, 0.05) is 49.1 Å². The van der Waals surface area contributed by atoms with E-state index in [0.29, 0.717) is 22.1 Å². The molecule has 0 saturated heterocycles. The van der Waals surface area contributed by atoms with E-state index >= 15 is 0 Å². The highest BCUT2D eigenvalue weighted by Crippen LogP contribution is 2.30. The summed E-state index contributed by atoms with van der Waals surface area (Å²) >= 11 is 0. The molecule has 0 aliphatic heterocycles. The number of ether oxygens (including phenoxy) is 1. The average molecular weight is 486 g/mol. The minimum Gasteiger partial charge on any atom is -0.381 e. The van der Waals surface area contributed by atoms with Crippen molar-refractivity contribution in [3.8, 4) is 11.1 Å². The summed E-state index contributed by atoms with van der Waals surface area (Å²) in [6.07, 6.45) is 4.92. The lowest BCUT2D eigenvalue weighted by Gasteiger charge is -2.28. The molecule has 0 spiro atoms. The maximum absolute atomic E-state index is 13.0. The zero-order valence-corrected chi connectivity index (χ0v) is 19.1. The van der Waals surface area contributed by atoms with Gasteiger partial charge in [0.1, 0.15) is 11.5 Å². The van der Waals surface area contributed by atoms with Gasteiger partial charge in [-0.3, -0.25) is 4.79 Å². The lowest BCUT2D eigenvalue weighted by Crippen LogP contribution is -2.38. The molecule has 1 fully saturated rings. The molecule has 0 bridgehead atoms. The Balaban J connectivity index is 1.38. The number of amides is 1. The highest BCUT2D eigenvalue weighted by Gasteiger charge is 2.27. The molecule has 1 aliphatic rings. The van der Waals surface area contributed by atoms with Gasteiger partial charge < -0.3 is 15.0 Å². The minimum atomic E-state index is -4.26. The van der Waals surface area contributed by atoms with Crippen molar-refractivity contribution in [2.24, 2.45) is 0 Å². The predicted molar refractivity (Wildman–Crippen MR) is 123 cm³/mol. The fourth-order valence-electron chi connectivity index (χ4n) is 4.59. The van der Waals surface area contributed by atoms with E-state index in [9.17, 15) is 18.0 Å². The number of halogens is 3. The zero-order valence-electron chi connectivity index (χ0n) is 19.1. The first-order chi connectivity index (χ1) is 16.8. The number of hydrogen-bond acceptors (Lipinski definition) is 5. The van der Waals surface area contributed by atoms with Crippen molar-refractivity contribution >= 4 is 22.5 Å². The third-order valence-corrected chi connectivity index (χ3v) is 6.53. The summed E-state index contributed by atoms with van der Waals surface area (Å²) in [5.41, 5.74) is 3.19. The van der Waals surface area contributed by atoms with Gasteiger partial charge in [0.2, 0.25) is 0 Å². The normalized spacial score (nSPS) is 18.9. The van der Waals surface area contributed by atoms with Crippen LogP contribution >= 0.6 is 0 Å². The molecule has 4 aromatic heterocycles. The lowest BCUT2D eigenvalue weighted by atomic mass is 9.93. The maximum Gasteiger partial charge on any atom is 0.389 e. The van der Waals surface area contributed by atoms with E-state index in [0.717, 1.165) is 36.8 Å². The van der Waals surface area contributed by atoms with Crippen LogP contribution in [0.3, 0.4) is 0 Å². The highest BCUT2D eigenvalue weighted by atomic mass is 19.4. The second kappa shape index (κ2) is 9.29. The average Bonchev–Trinajstić information content (AvgIpc) is 3.46. The van der Waals surface area contributed by atoms with Crippen molar-refractivity contribution in [3.05, 3.63) is 48.3 Å². The van der Waals surface area contributed by atoms with Gasteiger partial charge >= 0.3 is 6.18 Å². The first-order valence-electron chi connectivity index (χ1n) is 11.5. The van der Waals surface area contributed by atoms with E-state index in [1.165, 1.54) is 6.20 Å². The largest absolute Gasteiger partial charge is 0.389 e. The SMILES string of the molecule is COC1CCC(NC(=O)c2cnn3ccc(-c4c[nH]c5nc(CCC(F)(F)F)ncc45)cc23)CC1. The van der Waals surface area contributed by atoms with Crippen molar-refractivity contribution < 1.29 is 22.7 Å². The number of carbonyl (C=O) groups excluding carboxylic acids is 1. The molecule has 8 nitrogen and oxygen atoms in total. The van der Waals surface area contributed by atoms with Crippen LogP contribution in [0, 0.1) is 0 Å². The molecule has 184 valence electrons. The van der Waals surface area contributed by atoms with Gasteiger partial charge in [-0.1, -0.05) is 0 Å². The molecule has 1 saturated carbocycles. The molecule has 1 aliphatic carbocycles. The molecule has 5 rings (SSSR count). The van der Waals surface area contributed by atoms with E-state index in [1.807, 2.05) is 12.1 Å². The Morgan fingerprint density at radius 2 is 2.06 bits per heavy atom. The van der Waals surface area contributed by atoms with E-state index in [2.05, 4.69) is 25.4 Å². The number of nitrogens with one attached hydrogen (secondary N) is 2. The van der Waals surface area contributed by atoms with Crippen molar-refractivity contribution in [3.63, 3.8) is 0 Å². The molecule has 0 atom stereocenters.